The van der Waals surface area contributed by atoms with Crippen LogP contribution < -0.4 is 15.0 Å². The third kappa shape index (κ3) is 4.07. The van der Waals surface area contributed by atoms with Gasteiger partial charge in [0.05, 0.1) is 36.5 Å². The minimum absolute atomic E-state index is 0.160. The van der Waals surface area contributed by atoms with Crippen molar-refractivity contribution in [2.24, 2.45) is 0 Å². The molecule has 1 aromatic carbocycles. The van der Waals surface area contributed by atoms with E-state index in [0.29, 0.717) is 24.4 Å². The van der Waals surface area contributed by atoms with Crippen molar-refractivity contribution in [2.75, 3.05) is 41.9 Å². The molecule has 6 nitrogen and oxygen atoms in total. The number of rotatable bonds is 5. The molecule has 1 unspecified atom stereocenters. The number of ether oxygens (including phenoxy) is 1. The summed E-state index contributed by atoms with van der Waals surface area (Å²) in [6.07, 6.45) is 2.75. The summed E-state index contributed by atoms with van der Waals surface area (Å²) >= 11 is 0. The normalized spacial score (nSPS) is 17.6. The lowest BCUT2D eigenvalue weighted by Gasteiger charge is -2.29. The van der Waals surface area contributed by atoms with Crippen molar-refractivity contribution >= 4 is 21.2 Å². The summed E-state index contributed by atoms with van der Waals surface area (Å²) in [5, 5.41) is 3.25. The van der Waals surface area contributed by atoms with Gasteiger partial charge in [0.1, 0.15) is 11.6 Å². The van der Waals surface area contributed by atoms with Gasteiger partial charge < -0.3 is 15.0 Å². The SMILES string of the molecule is COc1cc(N2CCS(=O)(=O)CC2)ccc1NC(C)c1ccncc1F. The van der Waals surface area contributed by atoms with Crippen molar-refractivity contribution in [3.8, 4) is 5.75 Å². The summed E-state index contributed by atoms with van der Waals surface area (Å²) in [6.45, 7) is 2.80. The van der Waals surface area contributed by atoms with E-state index in [4.69, 9.17) is 4.74 Å². The Hall–Kier alpha value is -2.35. The molecule has 0 aliphatic carbocycles. The minimum Gasteiger partial charge on any atom is -0.495 e. The van der Waals surface area contributed by atoms with Crippen molar-refractivity contribution in [1.82, 2.24) is 4.98 Å². The van der Waals surface area contributed by atoms with Crippen LogP contribution in [-0.4, -0.2) is 45.1 Å². The first-order valence-electron chi connectivity index (χ1n) is 8.39. The number of aromatic nitrogens is 1. The van der Waals surface area contributed by atoms with Gasteiger partial charge in [0, 0.05) is 36.6 Å². The molecule has 8 heteroatoms. The van der Waals surface area contributed by atoms with Crippen molar-refractivity contribution in [1.29, 1.82) is 0 Å². The maximum atomic E-state index is 13.9. The molecular formula is C18H22FN3O3S. The predicted molar refractivity (Wildman–Crippen MR) is 100 cm³/mol. The molecule has 1 aliphatic heterocycles. The fourth-order valence-electron chi connectivity index (χ4n) is 3.01. The first-order valence-corrected chi connectivity index (χ1v) is 10.2. The molecule has 1 fully saturated rings. The molecule has 1 N–H and O–H groups in total. The zero-order chi connectivity index (χ0) is 18.7. The molecular weight excluding hydrogens is 357 g/mol. The lowest BCUT2D eigenvalue weighted by Crippen LogP contribution is -2.40. The van der Waals surface area contributed by atoms with Gasteiger partial charge in [-0.1, -0.05) is 0 Å². The van der Waals surface area contributed by atoms with Crippen LogP contribution in [0.15, 0.2) is 36.7 Å². The zero-order valence-corrected chi connectivity index (χ0v) is 15.6. The molecule has 1 aliphatic rings. The third-order valence-electron chi connectivity index (χ3n) is 4.54. The molecule has 0 bridgehead atoms. The Morgan fingerprint density at radius 3 is 2.65 bits per heavy atom. The summed E-state index contributed by atoms with van der Waals surface area (Å²) in [5.74, 6) is 0.580. The van der Waals surface area contributed by atoms with Gasteiger partial charge in [-0.15, -0.1) is 0 Å². The van der Waals surface area contributed by atoms with E-state index < -0.39 is 9.84 Å². The number of anilines is 2. The van der Waals surface area contributed by atoms with Gasteiger partial charge in [-0.3, -0.25) is 4.98 Å². The number of hydrogen-bond donors (Lipinski definition) is 1. The van der Waals surface area contributed by atoms with Crippen LogP contribution in [-0.2, 0) is 9.84 Å². The monoisotopic (exact) mass is 379 g/mol. The maximum absolute atomic E-state index is 13.9. The summed E-state index contributed by atoms with van der Waals surface area (Å²) in [5.41, 5.74) is 2.17. The first kappa shape index (κ1) is 18.4. The average molecular weight is 379 g/mol. The van der Waals surface area contributed by atoms with Gasteiger partial charge in [-0.25, -0.2) is 12.8 Å². The smallest absolute Gasteiger partial charge is 0.153 e. The number of hydrogen-bond acceptors (Lipinski definition) is 6. The Morgan fingerprint density at radius 2 is 2.00 bits per heavy atom. The van der Waals surface area contributed by atoms with Crippen LogP contribution in [0.4, 0.5) is 15.8 Å². The lowest BCUT2D eigenvalue weighted by molar-refractivity contribution is 0.416. The van der Waals surface area contributed by atoms with Crippen LogP contribution in [0.2, 0.25) is 0 Å². The second-order valence-corrected chi connectivity index (χ2v) is 8.59. The van der Waals surface area contributed by atoms with Crippen molar-refractivity contribution < 1.29 is 17.5 Å². The third-order valence-corrected chi connectivity index (χ3v) is 6.15. The standard InChI is InChI=1S/C18H22FN3O3S/c1-13(15-5-6-20-12-16(15)19)21-17-4-3-14(11-18(17)25-2)22-7-9-26(23,24)10-8-22/h3-6,11-13,21H,7-10H2,1-2H3. The van der Waals surface area contributed by atoms with Crippen LogP contribution in [0.5, 0.6) is 5.75 Å². The molecule has 1 atom stereocenters. The molecule has 0 amide bonds. The fourth-order valence-corrected chi connectivity index (χ4v) is 4.22. The van der Waals surface area contributed by atoms with E-state index in [0.717, 1.165) is 11.4 Å². The predicted octanol–water partition coefficient (Wildman–Crippen LogP) is 2.64. The van der Waals surface area contributed by atoms with E-state index in [2.05, 4.69) is 10.3 Å². The van der Waals surface area contributed by atoms with Gasteiger partial charge in [0.2, 0.25) is 0 Å². The summed E-state index contributed by atoms with van der Waals surface area (Å²) in [6, 6.07) is 7.03. The van der Waals surface area contributed by atoms with Gasteiger partial charge in [0.25, 0.3) is 0 Å². The fraction of sp³-hybridized carbons (Fsp3) is 0.389. The summed E-state index contributed by atoms with van der Waals surface area (Å²) in [7, 11) is -1.35. The Balaban J connectivity index is 1.78. The zero-order valence-electron chi connectivity index (χ0n) is 14.8. The highest BCUT2D eigenvalue weighted by Gasteiger charge is 2.22. The van der Waals surface area contributed by atoms with Crippen LogP contribution >= 0.6 is 0 Å². The van der Waals surface area contributed by atoms with Crippen LogP contribution in [0, 0.1) is 5.82 Å². The Labute approximate surface area is 152 Å². The van der Waals surface area contributed by atoms with Gasteiger partial charge in [0.15, 0.2) is 9.84 Å². The Kier molecular flexibility index (Phi) is 5.31. The molecule has 3 rings (SSSR count). The number of nitrogens with one attached hydrogen (secondary N) is 1. The molecule has 26 heavy (non-hydrogen) atoms. The number of sulfone groups is 1. The second-order valence-electron chi connectivity index (χ2n) is 6.29. The van der Waals surface area contributed by atoms with Crippen molar-refractivity contribution in [2.45, 2.75) is 13.0 Å². The van der Waals surface area contributed by atoms with E-state index in [1.165, 1.54) is 6.20 Å². The van der Waals surface area contributed by atoms with Crippen LogP contribution in [0.3, 0.4) is 0 Å². The number of benzene rings is 1. The first-order chi connectivity index (χ1) is 12.4. The van der Waals surface area contributed by atoms with Crippen LogP contribution in [0.1, 0.15) is 18.5 Å². The van der Waals surface area contributed by atoms with Gasteiger partial charge >= 0.3 is 0 Å². The topological polar surface area (TPSA) is 71.5 Å². The molecule has 0 spiro atoms. The van der Waals surface area contributed by atoms with Crippen LogP contribution in [0.25, 0.3) is 0 Å². The molecule has 0 radical (unpaired) electrons. The van der Waals surface area contributed by atoms with Gasteiger partial charge in [-0.05, 0) is 25.1 Å². The summed E-state index contributed by atoms with van der Waals surface area (Å²) < 4.78 is 42.6. The second kappa shape index (κ2) is 7.49. The molecule has 0 saturated carbocycles. The molecule has 2 aromatic rings. The highest BCUT2D eigenvalue weighted by molar-refractivity contribution is 7.91. The highest BCUT2D eigenvalue weighted by atomic mass is 32.2. The quantitative estimate of drug-likeness (QED) is 0.861. The van der Waals surface area contributed by atoms with Crippen molar-refractivity contribution in [3.63, 3.8) is 0 Å². The number of methoxy groups -OCH3 is 1. The lowest BCUT2D eigenvalue weighted by atomic mass is 10.1. The minimum atomic E-state index is -2.92. The van der Waals surface area contributed by atoms with Crippen molar-refractivity contribution in [3.05, 3.63) is 48.0 Å². The Bertz CT molecular complexity index is 875. The average Bonchev–Trinajstić information content (AvgIpc) is 2.62. The van der Waals surface area contributed by atoms with E-state index in [1.54, 1.807) is 19.4 Å². The Morgan fingerprint density at radius 1 is 1.27 bits per heavy atom. The largest absolute Gasteiger partial charge is 0.495 e. The molecule has 2 heterocycles. The highest BCUT2D eigenvalue weighted by Crippen LogP contribution is 2.33. The van der Waals surface area contributed by atoms with E-state index in [1.807, 2.05) is 30.0 Å². The number of nitrogens with zero attached hydrogens (tertiary/aromatic N) is 2. The van der Waals surface area contributed by atoms with E-state index >= 15 is 0 Å². The molecule has 1 saturated heterocycles. The maximum Gasteiger partial charge on any atom is 0.153 e. The van der Waals surface area contributed by atoms with E-state index in [-0.39, 0.29) is 23.4 Å². The number of halogens is 1. The summed E-state index contributed by atoms with van der Waals surface area (Å²) in [4.78, 5) is 5.79. The van der Waals surface area contributed by atoms with E-state index in [9.17, 15) is 12.8 Å². The van der Waals surface area contributed by atoms with Gasteiger partial charge in [-0.2, -0.15) is 0 Å². The molecule has 1 aromatic heterocycles. The molecule has 140 valence electrons. The number of pyridine rings is 1.